The lowest BCUT2D eigenvalue weighted by Gasteiger charge is -2.15. The van der Waals surface area contributed by atoms with Gasteiger partial charge >= 0.3 is 5.51 Å². The third-order valence-corrected chi connectivity index (χ3v) is 10.4. The minimum atomic E-state index is -6.09. The van der Waals surface area contributed by atoms with Gasteiger partial charge in [-0.25, -0.2) is 8.42 Å². The van der Waals surface area contributed by atoms with Crippen LogP contribution in [0.1, 0.15) is 32.1 Å². The summed E-state index contributed by atoms with van der Waals surface area (Å²) in [7, 11) is -5.44. The molecule has 2 heterocycles. The van der Waals surface area contributed by atoms with Crippen LogP contribution in [0.4, 0.5) is 13.2 Å². The van der Waals surface area contributed by atoms with Crippen molar-refractivity contribution in [3.8, 4) is 0 Å². The summed E-state index contributed by atoms with van der Waals surface area (Å²) in [6.45, 7) is 0. The molecule has 3 nitrogen and oxygen atoms in total. The molecule has 0 radical (unpaired) electrons. The van der Waals surface area contributed by atoms with Crippen LogP contribution in [0.5, 0.6) is 0 Å². The minimum Gasteiger partial charge on any atom is -0.741 e. The Labute approximate surface area is 127 Å². The Morgan fingerprint density at radius 3 is 1.67 bits per heavy atom. The maximum atomic E-state index is 10.7. The summed E-state index contributed by atoms with van der Waals surface area (Å²) in [5.41, 5.74) is -5.65. The van der Waals surface area contributed by atoms with Crippen LogP contribution in [0, 0.1) is 0 Å². The van der Waals surface area contributed by atoms with Crippen LogP contribution in [-0.2, 0) is 10.1 Å². The zero-order chi connectivity index (χ0) is 15.9. The Balaban J connectivity index is 0.000000240. The van der Waals surface area contributed by atoms with Gasteiger partial charge in [-0.2, -0.15) is 13.2 Å². The summed E-state index contributed by atoms with van der Waals surface area (Å²) in [4.78, 5) is 0. The maximum absolute atomic E-state index is 10.7. The van der Waals surface area contributed by atoms with E-state index in [1.807, 2.05) is 0 Å². The predicted octanol–water partition coefficient (Wildman–Crippen LogP) is 3.71. The van der Waals surface area contributed by atoms with Crippen LogP contribution in [0.15, 0.2) is 0 Å². The van der Waals surface area contributed by atoms with Crippen LogP contribution < -0.4 is 0 Å². The molecule has 0 aromatic heterocycles. The maximum Gasteiger partial charge on any atom is 0.485 e. The van der Waals surface area contributed by atoms with Crippen molar-refractivity contribution in [2.75, 3.05) is 37.0 Å². The van der Waals surface area contributed by atoms with Gasteiger partial charge in [-0.3, -0.25) is 0 Å². The smallest absolute Gasteiger partial charge is 0.485 e. The Morgan fingerprint density at radius 2 is 1.24 bits per heavy atom. The molecule has 0 saturated carbocycles. The zero-order valence-electron chi connectivity index (χ0n) is 12.0. The van der Waals surface area contributed by atoms with Crippen molar-refractivity contribution >= 4 is 26.0 Å². The third-order valence-electron chi connectivity index (χ3n) is 3.80. The highest BCUT2D eigenvalue weighted by molar-refractivity contribution is 7.86. The van der Waals surface area contributed by atoms with Crippen molar-refractivity contribution in [1.29, 1.82) is 0 Å². The topological polar surface area (TPSA) is 57.2 Å². The van der Waals surface area contributed by atoms with Crippen LogP contribution in [0.2, 0.25) is 0 Å². The molecule has 0 aromatic carbocycles. The first kappa shape index (κ1) is 19.6. The van der Waals surface area contributed by atoms with Gasteiger partial charge in [0, 0.05) is 7.92 Å². The van der Waals surface area contributed by atoms with Gasteiger partial charge in [-0.05, 0) is 50.6 Å². The molecule has 2 saturated heterocycles. The number of halogens is 3. The second-order valence-corrected chi connectivity index (χ2v) is 12.6. The molecule has 0 aromatic rings. The van der Waals surface area contributed by atoms with Gasteiger partial charge in [0.25, 0.3) is 0 Å². The van der Waals surface area contributed by atoms with Crippen LogP contribution >= 0.6 is 15.8 Å². The highest BCUT2D eigenvalue weighted by atomic mass is 32.2. The molecule has 21 heavy (non-hydrogen) atoms. The molecular formula is C12H23F3O3P2S. The summed E-state index contributed by atoms with van der Waals surface area (Å²) in [6, 6.07) is 0. The largest absolute Gasteiger partial charge is 0.741 e. The minimum absolute atomic E-state index is 0.145. The fraction of sp³-hybridized carbons (Fsp3) is 1.00. The molecule has 9 heteroatoms. The SMILES string of the molecule is C1CC[PH+]2CCCCP(C1)CCC2.O=S(=O)([O-])C(F)(F)F. The van der Waals surface area contributed by atoms with Crippen LogP contribution in [0.25, 0.3) is 0 Å². The molecule has 0 N–H and O–H groups in total. The Morgan fingerprint density at radius 1 is 0.857 bits per heavy atom. The predicted molar refractivity (Wildman–Crippen MR) is 83.3 cm³/mol. The van der Waals surface area contributed by atoms with E-state index in [2.05, 4.69) is 0 Å². The van der Waals surface area contributed by atoms with Gasteiger partial charge in [-0.15, -0.1) is 7.92 Å². The van der Waals surface area contributed by atoms with Crippen molar-refractivity contribution in [1.82, 2.24) is 0 Å². The zero-order valence-corrected chi connectivity index (χ0v) is 14.7. The fourth-order valence-electron chi connectivity index (χ4n) is 2.68. The van der Waals surface area contributed by atoms with Gasteiger partial charge in [-0.1, -0.05) is 0 Å². The Kier molecular flexibility index (Phi) is 8.40. The van der Waals surface area contributed by atoms with E-state index in [1.165, 1.54) is 0 Å². The molecule has 0 amide bonds. The summed E-state index contributed by atoms with van der Waals surface area (Å²) >= 11 is 0. The van der Waals surface area contributed by atoms with E-state index in [1.54, 1.807) is 69.1 Å². The standard InChI is InChI=1S/C11H22P2.CHF3O3S/c1-2-7-13-9-4-3-8-12(6-1)10-5-11-13;2-1(3,4)8(5,6)7/h1-11H2;(H,5,6,7). The van der Waals surface area contributed by atoms with Gasteiger partial charge in [0.2, 0.25) is 0 Å². The van der Waals surface area contributed by atoms with Crippen LogP contribution in [-0.4, -0.2) is 55.5 Å². The molecule has 2 aliphatic heterocycles. The van der Waals surface area contributed by atoms with Crippen molar-refractivity contribution in [2.24, 2.45) is 0 Å². The molecule has 0 aliphatic carbocycles. The molecule has 0 spiro atoms. The average Bonchev–Trinajstić information content (AvgIpc) is 2.53. The fourth-order valence-corrected chi connectivity index (χ4v) is 8.53. The molecular weight excluding hydrogens is 343 g/mol. The highest BCUT2D eigenvalue weighted by Gasteiger charge is 2.36. The number of hydrogen-bond donors (Lipinski definition) is 0. The normalized spacial score (nSPS) is 28.2. The lowest BCUT2D eigenvalue weighted by molar-refractivity contribution is -0.0517. The highest BCUT2D eigenvalue weighted by Crippen LogP contribution is 2.47. The molecule has 0 unspecified atom stereocenters. The van der Waals surface area contributed by atoms with Crippen molar-refractivity contribution in [3.63, 3.8) is 0 Å². The van der Waals surface area contributed by atoms with E-state index in [9.17, 15) is 13.2 Å². The van der Waals surface area contributed by atoms with E-state index < -0.39 is 15.6 Å². The van der Waals surface area contributed by atoms with E-state index >= 15 is 0 Å². The van der Waals surface area contributed by atoms with E-state index in [0.717, 1.165) is 0 Å². The monoisotopic (exact) mass is 366 g/mol. The lowest BCUT2D eigenvalue weighted by atomic mass is 10.4. The first-order valence-corrected chi connectivity index (χ1v) is 12.7. The van der Waals surface area contributed by atoms with E-state index in [0.29, 0.717) is 7.92 Å². The van der Waals surface area contributed by atoms with Gasteiger partial charge in [0.05, 0.1) is 18.5 Å². The summed E-state index contributed by atoms with van der Waals surface area (Å²) in [5.74, 6) is 0. The van der Waals surface area contributed by atoms with Gasteiger partial charge in [0.1, 0.15) is 0 Å². The Bertz CT molecular complexity index is 373. The lowest BCUT2D eigenvalue weighted by Crippen LogP contribution is -2.21. The van der Waals surface area contributed by atoms with Crippen molar-refractivity contribution in [2.45, 2.75) is 37.6 Å². The van der Waals surface area contributed by atoms with Crippen molar-refractivity contribution in [3.05, 3.63) is 0 Å². The van der Waals surface area contributed by atoms with E-state index in [-0.39, 0.29) is 7.92 Å². The summed E-state index contributed by atoms with van der Waals surface area (Å²) in [6.07, 6.45) is 17.9. The molecule has 2 rings (SSSR count). The van der Waals surface area contributed by atoms with Crippen molar-refractivity contribution < 1.29 is 26.1 Å². The summed E-state index contributed by atoms with van der Waals surface area (Å²) < 4.78 is 58.9. The summed E-state index contributed by atoms with van der Waals surface area (Å²) in [5, 5.41) is 0. The first-order valence-electron chi connectivity index (χ1n) is 7.28. The van der Waals surface area contributed by atoms with Gasteiger partial charge < -0.3 is 4.55 Å². The number of alkyl halides is 3. The van der Waals surface area contributed by atoms with Gasteiger partial charge in [0.15, 0.2) is 10.1 Å². The van der Waals surface area contributed by atoms with Crippen LogP contribution in [0.3, 0.4) is 0 Å². The second kappa shape index (κ2) is 9.00. The molecule has 126 valence electrons. The molecule has 2 aliphatic rings. The molecule has 2 fully saturated rings. The van der Waals surface area contributed by atoms with E-state index in [4.69, 9.17) is 13.0 Å². The Hall–Kier alpha value is 0.560. The second-order valence-electron chi connectivity index (χ2n) is 5.51. The quantitative estimate of drug-likeness (QED) is 0.373. The average molecular weight is 366 g/mol. The molecule has 0 atom stereocenters. The third kappa shape index (κ3) is 8.11. The number of hydrogen-bond acceptors (Lipinski definition) is 3. The number of rotatable bonds is 0. The first-order chi connectivity index (χ1) is 9.70. The molecule has 2 bridgehead atoms. The number of fused-ring (bicyclic) bond motifs is 4.